The van der Waals surface area contributed by atoms with Crippen molar-refractivity contribution in [3.05, 3.63) is 59.9 Å². The first-order valence-electron chi connectivity index (χ1n) is 5.85. The van der Waals surface area contributed by atoms with Crippen molar-refractivity contribution >= 4 is 5.84 Å². The normalized spacial score (nSPS) is 11.3. The summed E-state index contributed by atoms with van der Waals surface area (Å²) in [6, 6.07) is 11.3. The second-order valence-electron chi connectivity index (χ2n) is 4.06. The van der Waals surface area contributed by atoms with Crippen LogP contribution in [0.4, 0.5) is 0 Å². The van der Waals surface area contributed by atoms with E-state index in [4.69, 9.17) is 15.7 Å². The molecule has 1 aromatic carbocycles. The van der Waals surface area contributed by atoms with E-state index in [0.29, 0.717) is 13.0 Å². The summed E-state index contributed by atoms with van der Waals surface area (Å²) in [5, 5.41) is 11.4. The molecule has 0 atom stereocenters. The van der Waals surface area contributed by atoms with Gasteiger partial charge in [0.05, 0.1) is 0 Å². The Kier molecular flexibility index (Phi) is 4.34. The molecular formula is C14H15N3O2. The van der Waals surface area contributed by atoms with Crippen LogP contribution in [0, 0.1) is 0 Å². The molecule has 5 heteroatoms. The van der Waals surface area contributed by atoms with E-state index in [1.165, 1.54) is 0 Å². The fraction of sp³-hybridized carbons (Fsp3) is 0.143. The maximum Gasteiger partial charge on any atom is 0.143 e. The van der Waals surface area contributed by atoms with Crippen molar-refractivity contribution in [2.45, 2.75) is 13.0 Å². The number of pyridine rings is 1. The minimum Gasteiger partial charge on any atom is -0.489 e. The SMILES string of the molecule is N/C(Cc1ccc(OCc2cccnc2)cc1)=N\O. The molecule has 0 aliphatic rings. The van der Waals surface area contributed by atoms with Gasteiger partial charge in [-0.2, -0.15) is 0 Å². The number of benzene rings is 1. The zero-order valence-electron chi connectivity index (χ0n) is 10.4. The molecule has 0 saturated heterocycles. The maximum absolute atomic E-state index is 8.49. The summed E-state index contributed by atoms with van der Waals surface area (Å²) in [7, 11) is 0. The number of hydrogen-bond acceptors (Lipinski definition) is 4. The molecule has 19 heavy (non-hydrogen) atoms. The van der Waals surface area contributed by atoms with Gasteiger partial charge in [0.15, 0.2) is 0 Å². The molecule has 0 bridgehead atoms. The molecule has 0 radical (unpaired) electrons. The van der Waals surface area contributed by atoms with Crippen molar-refractivity contribution in [2.75, 3.05) is 0 Å². The van der Waals surface area contributed by atoms with Crippen molar-refractivity contribution in [1.29, 1.82) is 0 Å². The Morgan fingerprint density at radius 3 is 2.63 bits per heavy atom. The summed E-state index contributed by atoms with van der Waals surface area (Å²) >= 11 is 0. The highest BCUT2D eigenvalue weighted by atomic mass is 16.5. The molecule has 0 aliphatic carbocycles. The average molecular weight is 257 g/mol. The highest BCUT2D eigenvalue weighted by molar-refractivity contribution is 5.82. The minimum absolute atomic E-state index is 0.184. The van der Waals surface area contributed by atoms with E-state index in [9.17, 15) is 0 Å². The van der Waals surface area contributed by atoms with Crippen LogP contribution in [0.15, 0.2) is 53.9 Å². The van der Waals surface area contributed by atoms with Crippen molar-refractivity contribution < 1.29 is 9.94 Å². The van der Waals surface area contributed by atoms with Gasteiger partial charge in [-0.3, -0.25) is 4.98 Å². The number of nitrogens with two attached hydrogens (primary N) is 1. The molecule has 2 aromatic rings. The fourth-order valence-corrected chi connectivity index (χ4v) is 1.60. The Balaban J connectivity index is 1.92. The van der Waals surface area contributed by atoms with Gasteiger partial charge in [0.25, 0.3) is 0 Å². The molecule has 0 saturated carbocycles. The van der Waals surface area contributed by atoms with E-state index in [1.807, 2.05) is 36.4 Å². The number of nitrogens with zero attached hydrogens (tertiary/aromatic N) is 2. The van der Waals surface area contributed by atoms with Crippen LogP contribution in [0.2, 0.25) is 0 Å². The van der Waals surface area contributed by atoms with Gasteiger partial charge in [-0.25, -0.2) is 0 Å². The van der Waals surface area contributed by atoms with Crippen LogP contribution in [0.25, 0.3) is 0 Å². The standard InChI is InChI=1S/C14H15N3O2/c15-14(17-18)8-11-3-5-13(6-4-11)19-10-12-2-1-7-16-9-12/h1-7,9,18H,8,10H2,(H2,15,17). The van der Waals surface area contributed by atoms with Gasteiger partial charge in [-0.15, -0.1) is 0 Å². The second kappa shape index (κ2) is 6.39. The predicted molar refractivity (Wildman–Crippen MR) is 72.1 cm³/mol. The topological polar surface area (TPSA) is 80.7 Å². The number of hydrogen-bond donors (Lipinski definition) is 2. The third-order valence-electron chi connectivity index (χ3n) is 2.57. The van der Waals surface area contributed by atoms with Gasteiger partial charge < -0.3 is 15.7 Å². The zero-order valence-corrected chi connectivity index (χ0v) is 10.4. The molecule has 0 unspecified atom stereocenters. The summed E-state index contributed by atoms with van der Waals surface area (Å²) in [6.07, 6.45) is 3.91. The van der Waals surface area contributed by atoms with Crippen LogP contribution >= 0.6 is 0 Å². The van der Waals surface area contributed by atoms with Crippen molar-refractivity contribution in [3.8, 4) is 5.75 Å². The number of oxime groups is 1. The highest BCUT2D eigenvalue weighted by Crippen LogP contribution is 2.14. The van der Waals surface area contributed by atoms with E-state index >= 15 is 0 Å². The van der Waals surface area contributed by atoms with Gasteiger partial charge >= 0.3 is 0 Å². The van der Waals surface area contributed by atoms with E-state index < -0.39 is 0 Å². The van der Waals surface area contributed by atoms with E-state index in [-0.39, 0.29) is 5.84 Å². The van der Waals surface area contributed by atoms with Gasteiger partial charge in [-0.1, -0.05) is 23.4 Å². The van der Waals surface area contributed by atoms with Crippen LogP contribution in [-0.4, -0.2) is 16.0 Å². The van der Waals surface area contributed by atoms with Gasteiger partial charge in [0.1, 0.15) is 18.2 Å². The first kappa shape index (κ1) is 12.9. The molecular weight excluding hydrogens is 242 g/mol. The molecule has 1 heterocycles. The zero-order chi connectivity index (χ0) is 13.5. The molecule has 0 aliphatic heterocycles. The minimum atomic E-state index is 0.184. The third kappa shape index (κ3) is 3.99. The quantitative estimate of drug-likeness (QED) is 0.371. The average Bonchev–Trinajstić information content (AvgIpc) is 2.47. The van der Waals surface area contributed by atoms with Crippen molar-refractivity contribution in [1.82, 2.24) is 4.98 Å². The first-order valence-corrected chi connectivity index (χ1v) is 5.85. The lowest BCUT2D eigenvalue weighted by atomic mass is 10.1. The van der Waals surface area contributed by atoms with Crippen molar-refractivity contribution in [2.24, 2.45) is 10.9 Å². The van der Waals surface area contributed by atoms with Crippen LogP contribution in [0.5, 0.6) is 5.75 Å². The van der Waals surface area contributed by atoms with Gasteiger partial charge in [0.2, 0.25) is 0 Å². The van der Waals surface area contributed by atoms with E-state index in [2.05, 4.69) is 10.1 Å². The predicted octanol–water partition coefficient (Wildman–Crippen LogP) is 1.95. The second-order valence-corrected chi connectivity index (χ2v) is 4.06. The van der Waals surface area contributed by atoms with Crippen LogP contribution < -0.4 is 10.5 Å². The van der Waals surface area contributed by atoms with Crippen LogP contribution in [0.1, 0.15) is 11.1 Å². The molecule has 5 nitrogen and oxygen atoms in total. The number of aromatic nitrogens is 1. The highest BCUT2D eigenvalue weighted by Gasteiger charge is 1.99. The van der Waals surface area contributed by atoms with Gasteiger partial charge in [-0.05, 0) is 23.8 Å². The Labute approximate surface area is 111 Å². The summed E-state index contributed by atoms with van der Waals surface area (Å²) < 4.78 is 5.63. The number of rotatable bonds is 5. The summed E-state index contributed by atoms with van der Waals surface area (Å²) in [5.74, 6) is 0.955. The molecule has 0 spiro atoms. The first-order chi connectivity index (χ1) is 9.28. The fourth-order valence-electron chi connectivity index (χ4n) is 1.60. The van der Waals surface area contributed by atoms with Crippen molar-refractivity contribution in [3.63, 3.8) is 0 Å². The lowest BCUT2D eigenvalue weighted by Gasteiger charge is -2.07. The number of ether oxygens (including phenoxy) is 1. The van der Waals surface area contributed by atoms with E-state index in [1.54, 1.807) is 12.4 Å². The molecule has 1 aromatic heterocycles. The molecule has 2 rings (SSSR count). The molecule has 0 fully saturated rings. The molecule has 3 N–H and O–H groups in total. The lowest BCUT2D eigenvalue weighted by Crippen LogP contribution is -2.14. The molecule has 98 valence electrons. The Bertz CT molecular complexity index is 538. The lowest BCUT2D eigenvalue weighted by molar-refractivity contribution is 0.305. The monoisotopic (exact) mass is 257 g/mol. The van der Waals surface area contributed by atoms with Crippen LogP contribution in [-0.2, 0) is 13.0 Å². The van der Waals surface area contributed by atoms with Crippen LogP contribution in [0.3, 0.4) is 0 Å². The maximum atomic E-state index is 8.49. The molecule has 0 amide bonds. The smallest absolute Gasteiger partial charge is 0.143 e. The summed E-state index contributed by atoms with van der Waals surface area (Å²) in [5.41, 5.74) is 7.42. The van der Waals surface area contributed by atoms with E-state index in [0.717, 1.165) is 16.9 Å². The Morgan fingerprint density at radius 1 is 1.21 bits per heavy atom. The summed E-state index contributed by atoms with van der Waals surface area (Å²) in [4.78, 5) is 4.02. The van der Waals surface area contributed by atoms with Gasteiger partial charge in [0, 0.05) is 24.4 Å². The Hall–Kier alpha value is -2.56. The third-order valence-corrected chi connectivity index (χ3v) is 2.57. The Morgan fingerprint density at radius 2 is 2.00 bits per heavy atom. The summed E-state index contributed by atoms with van der Waals surface area (Å²) in [6.45, 7) is 0.480. The largest absolute Gasteiger partial charge is 0.489 e. The number of amidine groups is 1.